The van der Waals surface area contributed by atoms with E-state index in [-0.39, 0.29) is 12.5 Å². The molecular weight excluding hydrogens is 256 g/mol. The highest BCUT2D eigenvalue weighted by Gasteiger charge is 2.13. The van der Waals surface area contributed by atoms with Gasteiger partial charge in [-0.2, -0.15) is 4.98 Å². The number of hydrogen-bond acceptors (Lipinski definition) is 5. The summed E-state index contributed by atoms with van der Waals surface area (Å²) in [6.07, 6.45) is -0.581. The summed E-state index contributed by atoms with van der Waals surface area (Å²) in [5.74, 6) is 1.95. The lowest BCUT2D eigenvalue weighted by Crippen LogP contribution is -2.03. The van der Waals surface area contributed by atoms with Gasteiger partial charge in [-0.25, -0.2) is 0 Å². The molecule has 0 spiro atoms. The van der Waals surface area contributed by atoms with Crippen LogP contribution in [0.3, 0.4) is 0 Å². The number of hydrogen-bond donors (Lipinski definition) is 1. The second kappa shape index (κ2) is 6.05. The minimum Gasteiger partial charge on any atom is -0.485 e. The van der Waals surface area contributed by atoms with Gasteiger partial charge in [-0.15, -0.1) is 0 Å². The van der Waals surface area contributed by atoms with Gasteiger partial charge < -0.3 is 14.4 Å². The van der Waals surface area contributed by atoms with Crippen LogP contribution < -0.4 is 4.74 Å². The van der Waals surface area contributed by atoms with E-state index in [1.54, 1.807) is 6.92 Å². The number of rotatable bonds is 5. The van der Waals surface area contributed by atoms with E-state index in [0.29, 0.717) is 17.5 Å². The Hall–Kier alpha value is -1.88. The van der Waals surface area contributed by atoms with Crippen molar-refractivity contribution < 1.29 is 14.4 Å². The van der Waals surface area contributed by atoms with Crippen LogP contribution in [0.4, 0.5) is 0 Å². The quantitative estimate of drug-likeness (QED) is 0.908. The summed E-state index contributed by atoms with van der Waals surface area (Å²) in [6.45, 7) is 7.89. The molecule has 5 nitrogen and oxygen atoms in total. The Morgan fingerprint density at radius 3 is 2.65 bits per heavy atom. The first-order chi connectivity index (χ1) is 9.47. The third-order valence-electron chi connectivity index (χ3n) is 2.95. The molecule has 0 aliphatic rings. The van der Waals surface area contributed by atoms with Gasteiger partial charge in [0, 0.05) is 11.5 Å². The first kappa shape index (κ1) is 14.5. The van der Waals surface area contributed by atoms with Crippen molar-refractivity contribution in [3.63, 3.8) is 0 Å². The van der Waals surface area contributed by atoms with Crippen molar-refractivity contribution in [1.82, 2.24) is 10.1 Å². The fraction of sp³-hybridized carbons (Fsp3) is 0.467. The van der Waals surface area contributed by atoms with Crippen LogP contribution in [0.25, 0.3) is 0 Å². The van der Waals surface area contributed by atoms with Gasteiger partial charge in [0.2, 0.25) is 11.7 Å². The van der Waals surface area contributed by atoms with Gasteiger partial charge >= 0.3 is 0 Å². The average molecular weight is 276 g/mol. The van der Waals surface area contributed by atoms with Crippen LogP contribution >= 0.6 is 0 Å². The minimum atomic E-state index is -0.581. The Balaban J connectivity index is 2.11. The predicted octanol–water partition coefficient (Wildman–Crippen LogP) is 3.13. The van der Waals surface area contributed by atoms with Crippen LogP contribution in [0, 0.1) is 6.92 Å². The highest BCUT2D eigenvalue weighted by atomic mass is 16.5. The third kappa shape index (κ3) is 3.36. The lowest BCUT2D eigenvalue weighted by atomic mass is 10.1. The van der Waals surface area contributed by atoms with E-state index in [4.69, 9.17) is 9.26 Å². The lowest BCUT2D eigenvalue weighted by molar-refractivity contribution is 0.189. The smallest absolute Gasteiger partial charge is 0.229 e. The van der Waals surface area contributed by atoms with Crippen molar-refractivity contribution in [1.29, 1.82) is 0 Å². The summed E-state index contributed by atoms with van der Waals surface area (Å²) in [7, 11) is 0. The Morgan fingerprint density at radius 2 is 2.05 bits per heavy atom. The molecule has 0 bridgehead atoms. The zero-order chi connectivity index (χ0) is 14.7. The van der Waals surface area contributed by atoms with Crippen molar-refractivity contribution in [2.75, 3.05) is 0 Å². The number of aliphatic hydroxyl groups excluding tert-OH is 1. The molecule has 20 heavy (non-hydrogen) atoms. The second-order valence-electron chi connectivity index (χ2n) is 5.21. The zero-order valence-corrected chi connectivity index (χ0v) is 12.3. The normalized spacial score (nSPS) is 12.7. The number of ether oxygens (including phenoxy) is 1. The molecule has 2 aromatic rings. The van der Waals surface area contributed by atoms with E-state index in [2.05, 4.69) is 10.1 Å². The fourth-order valence-electron chi connectivity index (χ4n) is 1.81. The van der Waals surface area contributed by atoms with Crippen LogP contribution in [0.5, 0.6) is 5.75 Å². The van der Waals surface area contributed by atoms with E-state index in [1.807, 2.05) is 39.0 Å². The van der Waals surface area contributed by atoms with Crippen molar-refractivity contribution in [3.8, 4) is 5.75 Å². The highest BCUT2D eigenvalue weighted by molar-refractivity contribution is 5.38. The molecule has 0 amide bonds. The molecule has 0 radical (unpaired) electrons. The van der Waals surface area contributed by atoms with Crippen LogP contribution in [0.2, 0.25) is 0 Å². The summed E-state index contributed by atoms with van der Waals surface area (Å²) >= 11 is 0. The Labute approximate surface area is 118 Å². The van der Waals surface area contributed by atoms with E-state index in [1.165, 1.54) is 0 Å². The molecule has 0 saturated carbocycles. The minimum absolute atomic E-state index is 0.197. The number of aromatic nitrogens is 2. The molecule has 0 aliphatic heterocycles. The average Bonchev–Trinajstić information content (AvgIpc) is 2.85. The number of aryl methyl sites for hydroxylation is 1. The van der Waals surface area contributed by atoms with Crippen LogP contribution in [-0.2, 0) is 6.61 Å². The largest absolute Gasteiger partial charge is 0.485 e. The molecular formula is C15H20N2O3. The third-order valence-corrected chi connectivity index (χ3v) is 2.95. The summed E-state index contributed by atoms with van der Waals surface area (Å²) in [5, 5.41) is 13.6. The molecule has 5 heteroatoms. The fourth-order valence-corrected chi connectivity index (χ4v) is 1.81. The molecule has 108 valence electrons. The Kier molecular flexibility index (Phi) is 4.39. The molecule has 1 aromatic heterocycles. The summed E-state index contributed by atoms with van der Waals surface area (Å²) in [4.78, 5) is 4.26. The van der Waals surface area contributed by atoms with Gasteiger partial charge in [0.15, 0.2) is 6.61 Å². The van der Waals surface area contributed by atoms with Crippen molar-refractivity contribution in [2.24, 2.45) is 0 Å². The monoisotopic (exact) mass is 276 g/mol. The van der Waals surface area contributed by atoms with Gasteiger partial charge in [0.1, 0.15) is 5.75 Å². The van der Waals surface area contributed by atoms with Gasteiger partial charge in [-0.3, -0.25) is 0 Å². The van der Waals surface area contributed by atoms with E-state index in [0.717, 1.165) is 11.1 Å². The molecule has 0 saturated heterocycles. The van der Waals surface area contributed by atoms with Crippen molar-refractivity contribution in [2.45, 2.75) is 46.3 Å². The van der Waals surface area contributed by atoms with Crippen molar-refractivity contribution >= 4 is 0 Å². The lowest BCUT2D eigenvalue weighted by Gasteiger charge is -2.13. The van der Waals surface area contributed by atoms with Gasteiger partial charge in [0.25, 0.3) is 0 Å². The predicted molar refractivity (Wildman–Crippen MR) is 74.5 cm³/mol. The molecule has 2 rings (SSSR count). The Morgan fingerprint density at radius 1 is 1.30 bits per heavy atom. The maximum Gasteiger partial charge on any atom is 0.229 e. The van der Waals surface area contributed by atoms with Gasteiger partial charge in [-0.05, 0) is 25.5 Å². The SMILES string of the molecule is Cc1ccc(C(C)O)c(OCc2noc(C(C)C)n2)c1. The first-order valence-electron chi connectivity index (χ1n) is 6.71. The van der Waals surface area contributed by atoms with Crippen molar-refractivity contribution in [3.05, 3.63) is 41.0 Å². The standard InChI is InChI=1S/C15H20N2O3/c1-9(2)15-16-14(17-20-15)8-19-13-7-10(3)5-6-12(13)11(4)18/h5-7,9,11,18H,8H2,1-4H3. The second-order valence-corrected chi connectivity index (χ2v) is 5.21. The Bertz CT molecular complexity index is 576. The molecule has 1 unspecified atom stereocenters. The molecule has 1 N–H and O–H groups in total. The highest BCUT2D eigenvalue weighted by Crippen LogP contribution is 2.27. The molecule has 1 heterocycles. The van der Waals surface area contributed by atoms with E-state index < -0.39 is 6.10 Å². The topological polar surface area (TPSA) is 68.4 Å². The van der Waals surface area contributed by atoms with Crippen LogP contribution in [0.15, 0.2) is 22.7 Å². The number of nitrogens with zero attached hydrogens (tertiary/aromatic N) is 2. The molecule has 1 aromatic carbocycles. The summed E-state index contributed by atoms with van der Waals surface area (Å²) in [6, 6.07) is 5.71. The van der Waals surface area contributed by atoms with E-state index in [9.17, 15) is 5.11 Å². The molecule has 0 fully saturated rings. The first-order valence-corrected chi connectivity index (χ1v) is 6.71. The zero-order valence-electron chi connectivity index (χ0n) is 12.3. The number of aliphatic hydroxyl groups is 1. The molecule has 1 atom stereocenters. The molecule has 0 aliphatic carbocycles. The van der Waals surface area contributed by atoms with Gasteiger partial charge in [-0.1, -0.05) is 31.1 Å². The maximum atomic E-state index is 9.74. The van der Waals surface area contributed by atoms with Crippen LogP contribution in [0.1, 0.15) is 55.6 Å². The summed E-state index contributed by atoms with van der Waals surface area (Å²) < 4.78 is 10.8. The van der Waals surface area contributed by atoms with E-state index >= 15 is 0 Å². The summed E-state index contributed by atoms with van der Waals surface area (Å²) in [5.41, 5.74) is 1.82. The van der Waals surface area contributed by atoms with Crippen LogP contribution in [-0.4, -0.2) is 15.2 Å². The number of benzene rings is 1. The van der Waals surface area contributed by atoms with Gasteiger partial charge in [0.05, 0.1) is 6.10 Å². The maximum absolute atomic E-state index is 9.74.